The first-order chi connectivity index (χ1) is 17.7. The topological polar surface area (TPSA) is 142 Å². The summed E-state index contributed by atoms with van der Waals surface area (Å²) in [4.78, 5) is 0. The molecule has 10 nitrogen and oxygen atoms in total. The van der Waals surface area contributed by atoms with Crippen LogP contribution in [0.3, 0.4) is 0 Å². The van der Waals surface area contributed by atoms with Crippen LogP contribution in [0.25, 0.3) is 11.3 Å². The zero-order valence-corrected chi connectivity index (χ0v) is 23.7. The molecular weight excluding hydrogens is 527 g/mol. The van der Waals surface area contributed by atoms with Crippen LogP contribution in [-0.2, 0) is 25.7 Å². The minimum Gasteiger partial charge on any atom is -0.505 e. The molecule has 0 fully saturated rings. The van der Waals surface area contributed by atoms with Crippen molar-refractivity contribution >= 4 is 40.1 Å². The molecule has 204 valence electrons. The Hall–Kier alpha value is -3.27. The van der Waals surface area contributed by atoms with Gasteiger partial charge in [-0.25, -0.2) is 8.42 Å². The van der Waals surface area contributed by atoms with E-state index in [1.54, 1.807) is 17.6 Å². The fourth-order valence-corrected chi connectivity index (χ4v) is 6.60. The first kappa shape index (κ1) is 27.8. The van der Waals surface area contributed by atoms with E-state index in [0.717, 1.165) is 6.26 Å². The molecule has 0 saturated carbocycles. The van der Waals surface area contributed by atoms with Crippen LogP contribution >= 0.6 is 7.52 Å². The van der Waals surface area contributed by atoms with Gasteiger partial charge < -0.3 is 24.6 Å². The van der Waals surface area contributed by atoms with Gasteiger partial charge in [-0.05, 0) is 37.0 Å². The summed E-state index contributed by atoms with van der Waals surface area (Å²) < 4.78 is 51.4. The van der Waals surface area contributed by atoms with Crippen LogP contribution in [0.4, 0.5) is 11.4 Å². The van der Waals surface area contributed by atoms with Crippen LogP contribution in [0.1, 0.15) is 39.7 Å². The van der Waals surface area contributed by atoms with E-state index in [-0.39, 0.29) is 46.0 Å². The summed E-state index contributed by atoms with van der Waals surface area (Å²) in [5.74, 6) is -0.450. The number of hydrogen-bond donors (Lipinski definition) is 4. The lowest BCUT2D eigenvalue weighted by Crippen LogP contribution is -2.26. The van der Waals surface area contributed by atoms with Gasteiger partial charge in [-0.1, -0.05) is 51.1 Å². The predicted octanol–water partition coefficient (Wildman–Crippen LogP) is 5.10. The highest BCUT2D eigenvalue weighted by molar-refractivity contribution is 7.92. The quantitative estimate of drug-likeness (QED) is 0.281. The Labute approximate surface area is 222 Å². The lowest BCUT2D eigenvalue weighted by molar-refractivity contribution is 0.333. The minimum atomic E-state index is -3.92. The molecule has 0 spiro atoms. The van der Waals surface area contributed by atoms with Gasteiger partial charge in [0.15, 0.2) is 11.6 Å². The number of rotatable bonds is 8. The molecule has 0 aliphatic carbocycles. The third-order valence-corrected chi connectivity index (χ3v) is 8.63. The molecule has 4 N–H and O–H groups in total. The van der Waals surface area contributed by atoms with E-state index in [2.05, 4.69) is 35.6 Å². The fourth-order valence-electron chi connectivity index (χ4n) is 4.24. The molecule has 0 bridgehead atoms. The van der Waals surface area contributed by atoms with E-state index in [9.17, 15) is 23.2 Å². The van der Waals surface area contributed by atoms with Gasteiger partial charge >= 0.3 is 7.52 Å². The van der Waals surface area contributed by atoms with Crippen molar-refractivity contribution < 1.29 is 27.7 Å². The van der Waals surface area contributed by atoms with Gasteiger partial charge in [0.1, 0.15) is 5.56 Å². The summed E-state index contributed by atoms with van der Waals surface area (Å²) in [5, 5.41) is 26.1. The summed E-state index contributed by atoms with van der Waals surface area (Å²) in [7, 11) is -7.49. The van der Waals surface area contributed by atoms with Gasteiger partial charge in [0.05, 0.1) is 29.5 Å². The van der Waals surface area contributed by atoms with E-state index < -0.39 is 17.5 Å². The normalized spacial score (nSPS) is 17.4. The van der Waals surface area contributed by atoms with Gasteiger partial charge in [0.25, 0.3) is 0 Å². The van der Waals surface area contributed by atoms with Crippen LogP contribution in [-0.4, -0.2) is 41.9 Å². The molecule has 1 aromatic heterocycles. The van der Waals surface area contributed by atoms with Crippen LogP contribution in [0.5, 0.6) is 11.6 Å². The Bertz CT molecular complexity index is 1540. The molecule has 12 heteroatoms. The first-order valence-electron chi connectivity index (χ1n) is 12.2. The van der Waals surface area contributed by atoms with Gasteiger partial charge in [-0.3, -0.25) is 9.29 Å². The van der Waals surface area contributed by atoms with Crippen molar-refractivity contribution in [3.05, 3.63) is 54.1 Å². The Morgan fingerprint density at radius 1 is 1.13 bits per heavy atom. The molecule has 3 aromatic rings. The summed E-state index contributed by atoms with van der Waals surface area (Å²) in [6.45, 7) is 8.42. The second kappa shape index (κ2) is 10.1. The molecule has 1 unspecified atom stereocenters. The molecule has 38 heavy (non-hydrogen) atoms. The van der Waals surface area contributed by atoms with E-state index in [1.165, 1.54) is 12.1 Å². The van der Waals surface area contributed by atoms with Crippen molar-refractivity contribution in [2.75, 3.05) is 22.9 Å². The Balaban J connectivity index is 1.88. The number of nitrogens with one attached hydrogen (secondary N) is 2. The summed E-state index contributed by atoms with van der Waals surface area (Å²) in [6, 6.07) is 13.7. The largest absolute Gasteiger partial charge is 0.505 e. The molecule has 1 aliphatic rings. The molecule has 2 aromatic carbocycles. The van der Waals surface area contributed by atoms with Crippen LogP contribution in [0.15, 0.2) is 53.3 Å². The lowest BCUT2D eigenvalue weighted by Gasteiger charge is -2.25. The van der Waals surface area contributed by atoms with E-state index in [0.29, 0.717) is 29.9 Å². The lowest BCUT2D eigenvalue weighted by atomic mass is 9.92. The second-order valence-corrected chi connectivity index (χ2v) is 14.1. The fraction of sp³-hybridized carbons (Fsp3) is 0.346. The highest BCUT2D eigenvalue weighted by Gasteiger charge is 2.37. The summed E-state index contributed by atoms with van der Waals surface area (Å²) in [5.41, 5.74) is 1.63. The number of fused-ring (bicyclic) bond motifs is 1. The number of hydrogen-bond acceptors (Lipinski definition) is 7. The Morgan fingerprint density at radius 3 is 2.42 bits per heavy atom. The van der Waals surface area contributed by atoms with Crippen molar-refractivity contribution in [2.24, 2.45) is 10.2 Å². The number of aromatic nitrogens is 1. The molecular formula is C26H33N4O6PS. The molecule has 1 atom stereocenters. The molecule has 1 aliphatic heterocycles. The number of anilines is 2. The molecule has 0 amide bonds. The van der Waals surface area contributed by atoms with E-state index in [1.807, 2.05) is 30.3 Å². The standard InChI is InChI=1S/C26H33N4O6PS/c1-6-36-37(33)20-16-18(29-38(5,34)35)12-13-19(20)27-24(28-37)21-23(31)22(17-10-8-7-9-11-17)30(25(21)32)15-14-26(2,3)4/h7-13,16,29,31-32H,6,14-15H2,1-5H3,(H,27,28,33). The maximum Gasteiger partial charge on any atom is 0.348 e. The van der Waals surface area contributed by atoms with Crippen molar-refractivity contribution in [2.45, 2.75) is 40.7 Å². The minimum absolute atomic E-state index is 0.00155. The number of benzene rings is 2. The molecule has 0 radical (unpaired) electrons. The smallest absolute Gasteiger partial charge is 0.348 e. The van der Waals surface area contributed by atoms with Crippen LogP contribution in [0.2, 0.25) is 0 Å². The van der Waals surface area contributed by atoms with E-state index >= 15 is 0 Å². The number of aromatic hydroxyl groups is 2. The summed E-state index contributed by atoms with van der Waals surface area (Å²) in [6.07, 6.45) is 1.73. The van der Waals surface area contributed by atoms with Crippen LogP contribution in [0, 0.1) is 5.41 Å². The average molecular weight is 561 g/mol. The van der Waals surface area contributed by atoms with Crippen molar-refractivity contribution in [3.8, 4) is 22.9 Å². The zero-order chi connectivity index (χ0) is 27.9. The number of nitrogens with zero attached hydrogens (tertiary/aromatic N) is 2. The monoisotopic (exact) mass is 560 g/mol. The van der Waals surface area contributed by atoms with Gasteiger partial charge in [-0.15, -0.1) is 0 Å². The molecule has 4 rings (SSSR count). The van der Waals surface area contributed by atoms with Crippen molar-refractivity contribution in [3.63, 3.8) is 0 Å². The average Bonchev–Trinajstić information content (AvgIpc) is 3.06. The highest BCUT2D eigenvalue weighted by atomic mass is 32.2. The SMILES string of the molecule is CCOP1(=O)N=C(c2c(O)c(-c3ccccc3)n(CCC(C)(C)C)c2O)Nc2ccc(NS(C)(=O)=O)cc21. The maximum absolute atomic E-state index is 14.0. The summed E-state index contributed by atoms with van der Waals surface area (Å²) >= 11 is 0. The van der Waals surface area contributed by atoms with Crippen LogP contribution < -0.4 is 15.3 Å². The van der Waals surface area contributed by atoms with Gasteiger partial charge in [-0.2, -0.15) is 4.76 Å². The Kier molecular flexibility index (Phi) is 7.40. The van der Waals surface area contributed by atoms with Crippen molar-refractivity contribution in [1.29, 1.82) is 0 Å². The molecule has 0 saturated heterocycles. The van der Waals surface area contributed by atoms with Gasteiger partial charge in [0.2, 0.25) is 15.9 Å². The van der Waals surface area contributed by atoms with E-state index in [4.69, 9.17) is 4.52 Å². The highest BCUT2D eigenvalue weighted by Crippen LogP contribution is 2.54. The van der Waals surface area contributed by atoms with Crippen molar-refractivity contribution in [1.82, 2.24) is 4.57 Å². The number of sulfonamides is 1. The van der Waals surface area contributed by atoms with Gasteiger partial charge in [0, 0.05) is 17.8 Å². The number of amidine groups is 1. The zero-order valence-electron chi connectivity index (χ0n) is 22.0. The first-order valence-corrected chi connectivity index (χ1v) is 15.6. The third-order valence-electron chi connectivity index (χ3n) is 5.97. The molecule has 2 heterocycles. The Morgan fingerprint density at radius 2 is 1.82 bits per heavy atom. The maximum atomic E-state index is 14.0. The third kappa shape index (κ3) is 5.75. The second-order valence-electron chi connectivity index (χ2n) is 10.3. The predicted molar refractivity (Wildman–Crippen MR) is 151 cm³/mol.